The van der Waals surface area contributed by atoms with Crippen LogP contribution in [0, 0.1) is 12.8 Å². The molecule has 0 radical (unpaired) electrons. The van der Waals surface area contributed by atoms with Crippen LogP contribution in [0.4, 0.5) is 0 Å². The van der Waals surface area contributed by atoms with Gasteiger partial charge in [0.25, 0.3) is 0 Å². The third-order valence-electron chi connectivity index (χ3n) is 2.60. The second-order valence-corrected chi connectivity index (χ2v) is 4.07. The van der Waals surface area contributed by atoms with Crippen molar-refractivity contribution in [3.05, 3.63) is 35.4 Å². The number of hydrogen-bond acceptors (Lipinski definition) is 2. The van der Waals surface area contributed by atoms with Gasteiger partial charge in [0.05, 0.1) is 5.92 Å². The van der Waals surface area contributed by atoms with Crippen molar-refractivity contribution in [3.63, 3.8) is 0 Å². The number of carbonyl (C=O) groups excluding carboxylic acids is 1. The summed E-state index contributed by atoms with van der Waals surface area (Å²) in [5.74, 6) is -1.31. The van der Waals surface area contributed by atoms with E-state index < -0.39 is 11.9 Å². The van der Waals surface area contributed by atoms with E-state index in [1.165, 1.54) is 0 Å². The minimum Gasteiger partial charge on any atom is -0.481 e. The second-order valence-electron chi connectivity index (χ2n) is 4.07. The van der Waals surface area contributed by atoms with Crippen LogP contribution in [0.1, 0.15) is 35.7 Å². The van der Waals surface area contributed by atoms with Gasteiger partial charge in [0.15, 0.2) is 5.78 Å². The first-order chi connectivity index (χ1) is 7.50. The van der Waals surface area contributed by atoms with Gasteiger partial charge in [-0.3, -0.25) is 9.59 Å². The Kier molecular flexibility index (Phi) is 4.23. The molecule has 0 bridgehead atoms. The van der Waals surface area contributed by atoms with E-state index in [9.17, 15) is 9.59 Å². The summed E-state index contributed by atoms with van der Waals surface area (Å²) in [7, 11) is 0. The number of benzene rings is 1. The van der Waals surface area contributed by atoms with E-state index in [1.807, 2.05) is 19.1 Å². The van der Waals surface area contributed by atoms with Crippen molar-refractivity contribution in [2.75, 3.05) is 0 Å². The second kappa shape index (κ2) is 5.45. The van der Waals surface area contributed by atoms with E-state index in [4.69, 9.17) is 5.11 Å². The SMILES string of the molecule is Cc1ccc(C(=O)CCC(C)C(=O)O)cc1. The molecule has 0 aliphatic rings. The van der Waals surface area contributed by atoms with Crippen molar-refractivity contribution in [3.8, 4) is 0 Å². The number of hydrogen-bond donors (Lipinski definition) is 1. The molecule has 1 atom stereocenters. The highest BCUT2D eigenvalue weighted by Crippen LogP contribution is 2.11. The third kappa shape index (κ3) is 3.50. The van der Waals surface area contributed by atoms with Crippen LogP contribution >= 0.6 is 0 Å². The molecule has 0 heterocycles. The lowest BCUT2D eigenvalue weighted by atomic mass is 10.00. The number of carboxylic acid groups (broad SMARTS) is 1. The summed E-state index contributed by atoms with van der Waals surface area (Å²) in [5, 5.41) is 8.69. The van der Waals surface area contributed by atoms with Gasteiger partial charge in [-0.05, 0) is 13.3 Å². The average molecular weight is 220 g/mol. The predicted octanol–water partition coefficient (Wildman–Crippen LogP) is 2.68. The lowest BCUT2D eigenvalue weighted by Crippen LogP contribution is -2.11. The number of ketones is 1. The van der Waals surface area contributed by atoms with E-state index in [0.29, 0.717) is 12.0 Å². The molecule has 0 saturated carbocycles. The highest BCUT2D eigenvalue weighted by molar-refractivity contribution is 5.96. The highest BCUT2D eigenvalue weighted by atomic mass is 16.4. The zero-order valence-corrected chi connectivity index (χ0v) is 9.56. The van der Waals surface area contributed by atoms with E-state index in [-0.39, 0.29) is 12.2 Å². The molecule has 0 fully saturated rings. The number of Topliss-reactive ketones (excluding diaryl/α,β-unsaturated/α-hetero) is 1. The minimum atomic E-state index is -0.850. The topological polar surface area (TPSA) is 54.4 Å². The molecule has 0 aliphatic carbocycles. The molecule has 0 aliphatic heterocycles. The van der Waals surface area contributed by atoms with Crippen LogP contribution in [-0.2, 0) is 4.79 Å². The van der Waals surface area contributed by atoms with Gasteiger partial charge in [-0.2, -0.15) is 0 Å². The van der Waals surface area contributed by atoms with Crippen LogP contribution in [0.2, 0.25) is 0 Å². The predicted molar refractivity (Wildman–Crippen MR) is 61.5 cm³/mol. The molecule has 1 aromatic carbocycles. The van der Waals surface area contributed by atoms with Crippen LogP contribution in [0.25, 0.3) is 0 Å². The molecule has 16 heavy (non-hydrogen) atoms. The first-order valence-corrected chi connectivity index (χ1v) is 5.33. The maximum atomic E-state index is 11.7. The van der Waals surface area contributed by atoms with Crippen molar-refractivity contribution < 1.29 is 14.7 Å². The summed E-state index contributed by atoms with van der Waals surface area (Å²) in [4.78, 5) is 22.3. The van der Waals surface area contributed by atoms with E-state index >= 15 is 0 Å². The van der Waals surface area contributed by atoms with Gasteiger partial charge in [0.2, 0.25) is 0 Å². The van der Waals surface area contributed by atoms with Gasteiger partial charge in [0, 0.05) is 12.0 Å². The summed E-state index contributed by atoms with van der Waals surface area (Å²) in [6.07, 6.45) is 0.679. The molecule has 0 aromatic heterocycles. The Balaban J connectivity index is 2.53. The van der Waals surface area contributed by atoms with Crippen LogP contribution in [-0.4, -0.2) is 16.9 Å². The Labute approximate surface area is 95.1 Å². The zero-order chi connectivity index (χ0) is 12.1. The molecule has 1 N–H and O–H groups in total. The van der Waals surface area contributed by atoms with Gasteiger partial charge >= 0.3 is 5.97 Å². The minimum absolute atomic E-state index is 0.00750. The Morgan fingerprint density at radius 3 is 2.31 bits per heavy atom. The van der Waals surface area contributed by atoms with E-state index in [0.717, 1.165) is 5.56 Å². The first kappa shape index (κ1) is 12.4. The summed E-state index contributed by atoms with van der Waals surface area (Å²) >= 11 is 0. The molecule has 1 rings (SSSR count). The summed E-state index contributed by atoms with van der Waals surface area (Å²) in [5.41, 5.74) is 1.76. The van der Waals surface area contributed by atoms with Gasteiger partial charge in [-0.25, -0.2) is 0 Å². The Morgan fingerprint density at radius 1 is 1.25 bits per heavy atom. The molecule has 3 heteroatoms. The molecule has 86 valence electrons. The van der Waals surface area contributed by atoms with Gasteiger partial charge in [0.1, 0.15) is 0 Å². The lowest BCUT2D eigenvalue weighted by molar-refractivity contribution is -0.141. The number of carboxylic acids is 1. The number of rotatable bonds is 5. The molecule has 1 aromatic rings. The fraction of sp³-hybridized carbons (Fsp3) is 0.385. The molecule has 0 amide bonds. The van der Waals surface area contributed by atoms with Gasteiger partial charge in [-0.15, -0.1) is 0 Å². The van der Waals surface area contributed by atoms with Crippen molar-refractivity contribution in [2.45, 2.75) is 26.7 Å². The third-order valence-corrected chi connectivity index (χ3v) is 2.60. The molecule has 0 saturated heterocycles. The number of aliphatic carboxylic acids is 1. The smallest absolute Gasteiger partial charge is 0.306 e. The quantitative estimate of drug-likeness (QED) is 0.776. The standard InChI is InChI=1S/C13H16O3/c1-9-3-6-11(7-4-9)12(14)8-5-10(2)13(15)16/h3-4,6-7,10H,5,8H2,1-2H3,(H,15,16). The maximum Gasteiger partial charge on any atom is 0.306 e. The van der Waals surface area contributed by atoms with Crippen LogP contribution < -0.4 is 0 Å². The molecular weight excluding hydrogens is 204 g/mol. The zero-order valence-electron chi connectivity index (χ0n) is 9.56. The fourth-order valence-electron chi connectivity index (χ4n) is 1.35. The Morgan fingerprint density at radius 2 is 1.81 bits per heavy atom. The monoisotopic (exact) mass is 220 g/mol. The van der Waals surface area contributed by atoms with Crippen LogP contribution in [0.3, 0.4) is 0 Å². The highest BCUT2D eigenvalue weighted by Gasteiger charge is 2.13. The summed E-state index contributed by atoms with van der Waals surface area (Å²) in [6, 6.07) is 7.33. The van der Waals surface area contributed by atoms with Crippen molar-refractivity contribution in [2.24, 2.45) is 5.92 Å². The molecular formula is C13H16O3. The summed E-state index contributed by atoms with van der Waals surface area (Å²) in [6.45, 7) is 3.57. The van der Waals surface area contributed by atoms with Crippen molar-refractivity contribution in [1.82, 2.24) is 0 Å². The Hall–Kier alpha value is -1.64. The van der Waals surface area contributed by atoms with Gasteiger partial charge in [-0.1, -0.05) is 36.8 Å². The Bertz CT molecular complexity index is 379. The number of carbonyl (C=O) groups is 2. The summed E-state index contributed by atoms with van der Waals surface area (Å²) < 4.78 is 0. The fourth-order valence-corrected chi connectivity index (χ4v) is 1.35. The lowest BCUT2D eigenvalue weighted by Gasteiger charge is -2.05. The molecule has 3 nitrogen and oxygen atoms in total. The molecule has 1 unspecified atom stereocenters. The largest absolute Gasteiger partial charge is 0.481 e. The molecule has 0 spiro atoms. The van der Waals surface area contributed by atoms with E-state index in [1.54, 1.807) is 19.1 Å². The van der Waals surface area contributed by atoms with E-state index in [2.05, 4.69) is 0 Å². The normalized spacial score (nSPS) is 12.1. The van der Waals surface area contributed by atoms with Crippen LogP contribution in [0.5, 0.6) is 0 Å². The van der Waals surface area contributed by atoms with Gasteiger partial charge < -0.3 is 5.11 Å². The first-order valence-electron chi connectivity index (χ1n) is 5.33. The maximum absolute atomic E-state index is 11.7. The van der Waals surface area contributed by atoms with Crippen molar-refractivity contribution in [1.29, 1.82) is 0 Å². The average Bonchev–Trinajstić information content (AvgIpc) is 2.26. The van der Waals surface area contributed by atoms with Crippen molar-refractivity contribution >= 4 is 11.8 Å². The van der Waals surface area contributed by atoms with Crippen LogP contribution in [0.15, 0.2) is 24.3 Å². The number of aryl methyl sites for hydroxylation is 1.